The number of benzene rings is 3. The van der Waals surface area contributed by atoms with E-state index in [2.05, 4.69) is 70.9 Å². The Morgan fingerprint density at radius 2 is 1.69 bits per heavy atom. The third-order valence-corrected chi connectivity index (χ3v) is 8.25. The summed E-state index contributed by atoms with van der Waals surface area (Å²) in [7, 11) is 6.11. The van der Waals surface area contributed by atoms with Gasteiger partial charge in [-0.1, -0.05) is 80.8 Å². The van der Waals surface area contributed by atoms with Crippen LogP contribution < -0.4 is 9.64 Å². The molecule has 0 saturated carbocycles. The van der Waals surface area contributed by atoms with Crippen molar-refractivity contribution >= 4 is 22.6 Å². The molecule has 1 unspecified atom stereocenters. The van der Waals surface area contributed by atoms with E-state index in [4.69, 9.17) is 9.47 Å². The number of rotatable bonds is 10. The monoisotopic (exact) mass is 559 g/mol. The molecule has 0 bridgehead atoms. The van der Waals surface area contributed by atoms with Gasteiger partial charge in [0.25, 0.3) is 0 Å². The number of carbonyl (C=O) groups excluding carboxylic acids is 1. The lowest BCUT2D eigenvalue weighted by Crippen LogP contribution is -2.31. The molecule has 0 radical (unpaired) electrons. The summed E-state index contributed by atoms with van der Waals surface area (Å²) in [6.45, 7) is 2.78. The average Bonchev–Trinajstić information content (AvgIpc) is 3.49. The normalized spacial score (nSPS) is 16.0. The van der Waals surface area contributed by atoms with Crippen molar-refractivity contribution in [1.29, 1.82) is 0 Å². The molecule has 0 fully saturated rings. The van der Waals surface area contributed by atoms with Crippen LogP contribution in [0, 0.1) is 0 Å². The molecule has 6 nitrogen and oxygen atoms in total. The third-order valence-electron chi connectivity index (χ3n) is 8.25. The fourth-order valence-electron chi connectivity index (χ4n) is 6.21. The van der Waals surface area contributed by atoms with Gasteiger partial charge in [0.2, 0.25) is 0 Å². The van der Waals surface area contributed by atoms with Gasteiger partial charge >= 0.3 is 5.97 Å². The zero-order valence-corrected chi connectivity index (χ0v) is 24.8. The largest absolute Gasteiger partial charge is 0.493 e. The lowest BCUT2D eigenvalue weighted by atomic mass is 9.78. The van der Waals surface area contributed by atoms with Crippen LogP contribution in [0.1, 0.15) is 59.8 Å². The highest BCUT2D eigenvalue weighted by Gasteiger charge is 2.53. The molecule has 0 aliphatic carbocycles. The number of ether oxygens (including phenoxy) is 2. The van der Waals surface area contributed by atoms with Gasteiger partial charge in [-0.15, -0.1) is 0 Å². The predicted molar refractivity (Wildman–Crippen MR) is 168 cm³/mol. The number of carbonyl (C=O) groups is 1. The Balaban J connectivity index is 1.69. The number of unbranched alkanes of at least 4 members (excludes halogenated alkanes) is 3. The number of fused-ring (bicyclic) bond motifs is 2. The van der Waals surface area contributed by atoms with Gasteiger partial charge in [0.05, 0.1) is 12.3 Å². The van der Waals surface area contributed by atoms with Crippen LogP contribution in [-0.2, 0) is 17.4 Å². The standard InChI is InChI=1S/C36H37N3O3/c1-5-6-7-13-23-41-31-24-26(38(2)3)20-21-28(31)36(29-18-14-22-37-33(29)35(40)42-36)32-27-17-11-12-19-30(27)39(4)34(32)25-15-9-8-10-16-25/h8-12,14-22,24H,5-7,13,23H2,1-4H3. The number of anilines is 1. The topological polar surface area (TPSA) is 56.6 Å². The van der Waals surface area contributed by atoms with Crippen molar-refractivity contribution in [2.75, 3.05) is 25.6 Å². The first-order chi connectivity index (χ1) is 20.5. The first-order valence-corrected chi connectivity index (χ1v) is 14.7. The Morgan fingerprint density at radius 3 is 2.48 bits per heavy atom. The van der Waals surface area contributed by atoms with Gasteiger partial charge in [-0.3, -0.25) is 0 Å². The van der Waals surface area contributed by atoms with E-state index in [-0.39, 0.29) is 0 Å². The minimum absolute atomic E-state index is 0.329. The van der Waals surface area contributed by atoms with Crippen molar-refractivity contribution in [3.05, 3.63) is 114 Å². The SMILES string of the molecule is CCCCCCOc1cc(N(C)C)ccc1C1(c2c(-c3ccccc3)n(C)c3ccccc23)OC(=O)c2ncccc21. The molecule has 0 N–H and O–H groups in total. The lowest BCUT2D eigenvalue weighted by Gasteiger charge is -2.33. The van der Waals surface area contributed by atoms with Crippen molar-refractivity contribution < 1.29 is 14.3 Å². The summed E-state index contributed by atoms with van der Waals surface area (Å²) in [5.74, 6) is 0.261. The molecular weight excluding hydrogens is 522 g/mol. The third kappa shape index (κ3) is 4.51. The number of para-hydroxylation sites is 1. The van der Waals surface area contributed by atoms with E-state index < -0.39 is 11.6 Å². The fraction of sp³-hybridized carbons (Fsp3) is 0.278. The Labute approximate surface area is 247 Å². The Morgan fingerprint density at radius 1 is 0.905 bits per heavy atom. The summed E-state index contributed by atoms with van der Waals surface area (Å²) in [6.07, 6.45) is 6.04. The van der Waals surface area contributed by atoms with Gasteiger partial charge in [-0.2, -0.15) is 0 Å². The van der Waals surface area contributed by atoms with E-state index in [0.29, 0.717) is 18.1 Å². The Hall–Kier alpha value is -4.58. The highest BCUT2D eigenvalue weighted by molar-refractivity contribution is 6.00. The molecule has 3 aromatic carbocycles. The summed E-state index contributed by atoms with van der Waals surface area (Å²) in [6, 6.07) is 28.6. The van der Waals surface area contributed by atoms with Crippen LogP contribution in [0.3, 0.4) is 0 Å². The van der Waals surface area contributed by atoms with Gasteiger partial charge in [-0.05, 0) is 36.2 Å². The number of aryl methyl sites for hydroxylation is 1. The van der Waals surface area contributed by atoms with E-state index in [1.165, 1.54) is 6.42 Å². The highest BCUT2D eigenvalue weighted by atomic mass is 16.6. The van der Waals surface area contributed by atoms with E-state index in [9.17, 15) is 4.79 Å². The van der Waals surface area contributed by atoms with Gasteiger partial charge in [0.1, 0.15) is 5.75 Å². The number of pyridine rings is 1. The molecule has 0 spiro atoms. The van der Waals surface area contributed by atoms with Crippen LogP contribution in [-0.4, -0.2) is 36.2 Å². The number of esters is 1. The summed E-state index contributed by atoms with van der Waals surface area (Å²) in [4.78, 5) is 20.3. The predicted octanol–water partition coefficient (Wildman–Crippen LogP) is 7.73. The second-order valence-electron chi connectivity index (χ2n) is 11.1. The number of aromatic nitrogens is 2. The Kier molecular flexibility index (Phi) is 7.46. The second-order valence-corrected chi connectivity index (χ2v) is 11.1. The number of nitrogens with zero attached hydrogens (tertiary/aromatic N) is 3. The van der Waals surface area contributed by atoms with Gasteiger partial charge < -0.3 is 18.9 Å². The van der Waals surface area contributed by atoms with Crippen molar-refractivity contribution in [2.24, 2.45) is 7.05 Å². The molecule has 42 heavy (non-hydrogen) atoms. The molecule has 214 valence electrons. The molecule has 6 heteroatoms. The molecule has 1 aliphatic rings. The number of cyclic esters (lactones) is 1. The maximum absolute atomic E-state index is 13.7. The summed E-state index contributed by atoms with van der Waals surface area (Å²) < 4.78 is 15.5. The highest BCUT2D eigenvalue weighted by Crippen LogP contribution is 2.54. The minimum Gasteiger partial charge on any atom is -0.493 e. The maximum atomic E-state index is 13.7. The summed E-state index contributed by atoms with van der Waals surface area (Å²) in [5.41, 5.74) is 5.53. The van der Waals surface area contributed by atoms with Crippen LogP contribution in [0.15, 0.2) is 91.1 Å². The molecule has 1 aliphatic heterocycles. The summed E-state index contributed by atoms with van der Waals surface area (Å²) >= 11 is 0. The maximum Gasteiger partial charge on any atom is 0.358 e. The van der Waals surface area contributed by atoms with Crippen molar-refractivity contribution in [3.63, 3.8) is 0 Å². The van der Waals surface area contributed by atoms with Crippen LogP contribution in [0.25, 0.3) is 22.2 Å². The smallest absolute Gasteiger partial charge is 0.358 e. The molecule has 6 rings (SSSR count). The van der Waals surface area contributed by atoms with Crippen LogP contribution in [0.2, 0.25) is 0 Å². The lowest BCUT2D eigenvalue weighted by molar-refractivity contribution is 0.0246. The zero-order chi connectivity index (χ0) is 29.3. The van der Waals surface area contributed by atoms with E-state index >= 15 is 0 Å². The summed E-state index contributed by atoms with van der Waals surface area (Å²) in [5, 5.41) is 1.01. The average molecular weight is 560 g/mol. The molecule has 1 atom stereocenters. The fourth-order valence-corrected chi connectivity index (χ4v) is 6.21. The molecular formula is C36H37N3O3. The van der Waals surface area contributed by atoms with Gasteiger partial charge in [0.15, 0.2) is 11.3 Å². The zero-order valence-electron chi connectivity index (χ0n) is 24.8. The van der Waals surface area contributed by atoms with Crippen LogP contribution in [0.4, 0.5) is 5.69 Å². The number of hydrogen-bond donors (Lipinski definition) is 0. The van der Waals surface area contributed by atoms with Crippen molar-refractivity contribution in [1.82, 2.24) is 9.55 Å². The van der Waals surface area contributed by atoms with Gasteiger partial charge in [0, 0.05) is 66.7 Å². The van der Waals surface area contributed by atoms with Crippen molar-refractivity contribution in [3.8, 4) is 17.0 Å². The van der Waals surface area contributed by atoms with Gasteiger partial charge in [-0.25, -0.2) is 9.78 Å². The second kappa shape index (κ2) is 11.4. The van der Waals surface area contributed by atoms with E-state index in [1.807, 2.05) is 56.6 Å². The van der Waals surface area contributed by atoms with Crippen LogP contribution >= 0.6 is 0 Å². The molecule has 0 amide bonds. The molecule has 0 saturated heterocycles. The number of hydrogen-bond acceptors (Lipinski definition) is 5. The molecule has 3 heterocycles. The first kappa shape index (κ1) is 27.6. The van der Waals surface area contributed by atoms with Crippen LogP contribution in [0.5, 0.6) is 5.75 Å². The minimum atomic E-state index is -1.28. The first-order valence-electron chi connectivity index (χ1n) is 14.7. The molecule has 5 aromatic rings. The van der Waals surface area contributed by atoms with E-state index in [0.717, 1.165) is 63.8 Å². The Bertz CT molecular complexity index is 1740. The van der Waals surface area contributed by atoms with E-state index in [1.54, 1.807) is 6.20 Å². The quantitative estimate of drug-likeness (QED) is 0.129. The van der Waals surface area contributed by atoms with Crippen molar-refractivity contribution in [2.45, 2.75) is 38.2 Å². The molecule has 2 aromatic heterocycles.